The zero-order valence-electron chi connectivity index (χ0n) is 13.4. The second-order valence-electron chi connectivity index (χ2n) is 5.82. The maximum Gasteiger partial charge on any atom is 0.269 e. The summed E-state index contributed by atoms with van der Waals surface area (Å²) in [5.74, 6) is 0.816. The van der Waals surface area contributed by atoms with Gasteiger partial charge in [-0.3, -0.25) is 14.9 Å². The predicted octanol–water partition coefficient (Wildman–Crippen LogP) is 2.41. The number of piperidine rings is 1. The number of hydrogen-bond donors (Lipinski definition) is 1. The molecule has 0 spiro atoms. The summed E-state index contributed by atoms with van der Waals surface area (Å²) in [5.41, 5.74) is 0.884. The van der Waals surface area contributed by atoms with Gasteiger partial charge in [0.15, 0.2) is 0 Å². The van der Waals surface area contributed by atoms with Gasteiger partial charge in [0.2, 0.25) is 5.91 Å². The van der Waals surface area contributed by atoms with Crippen LogP contribution in [0.2, 0.25) is 0 Å². The molecule has 1 N–H and O–H groups in total. The van der Waals surface area contributed by atoms with Gasteiger partial charge in [-0.2, -0.15) is 0 Å². The first-order valence-electron chi connectivity index (χ1n) is 7.76. The van der Waals surface area contributed by atoms with E-state index in [-0.39, 0.29) is 24.0 Å². The average molecular weight is 342 g/mol. The van der Waals surface area contributed by atoms with Gasteiger partial charge in [-0.25, -0.2) is 0 Å². The molecule has 1 saturated heterocycles. The van der Waals surface area contributed by atoms with Crippen molar-refractivity contribution in [3.8, 4) is 0 Å². The highest BCUT2D eigenvalue weighted by Gasteiger charge is 2.22. The second kappa shape index (κ2) is 9.47. The number of nitrogens with zero attached hydrogens (tertiary/aromatic N) is 2. The number of carbonyl (C=O) groups excluding carboxylic acids is 1. The van der Waals surface area contributed by atoms with Crippen LogP contribution in [0.3, 0.4) is 0 Å². The number of hydrogen-bond acceptors (Lipinski definition) is 4. The highest BCUT2D eigenvalue weighted by molar-refractivity contribution is 5.85. The van der Waals surface area contributed by atoms with E-state index >= 15 is 0 Å². The maximum atomic E-state index is 12.3. The van der Waals surface area contributed by atoms with Gasteiger partial charge in [-0.05, 0) is 44.3 Å². The van der Waals surface area contributed by atoms with E-state index in [9.17, 15) is 14.9 Å². The number of rotatable bonds is 6. The van der Waals surface area contributed by atoms with Crippen LogP contribution in [0.25, 0.3) is 0 Å². The van der Waals surface area contributed by atoms with Crippen LogP contribution in [0, 0.1) is 16.0 Å². The number of benzene rings is 1. The molecule has 1 fully saturated rings. The fourth-order valence-corrected chi connectivity index (χ4v) is 2.84. The number of halogens is 1. The summed E-state index contributed by atoms with van der Waals surface area (Å²) >= 11 is 0. The lowest BCUT2D eigenvalue weighted by atomic mass is 9.93. The molecule has 128 valence electrons. The van der Waals surface area contributed by atoms with E-state index in [2.05, 4.69) is 5.32 Å². The minimum absolute atomic E-state index is 0. The lowest BCUT2D eigenvalue weighted by Crippen LogP contribution is -2.39. The normalized spacial score (nSPS) is 15.1. The molecule has 0 aliphatic carbocycles. The van der Waals surface area contributed by atoms with Crippen molar-refractivity contribution >= 4 is 24.0 Å². The highest BCUT2D eigenvalue weighted by Crippen LogP contribution is 2.21. The fourth-order valence-electron chi connectivity index (χ4n) is 2.84. The molecular weight excluding hydrogens is 318 g/mol. The Morgan fingerprint density at radius 1 is 1.30 bits per heavy atom. The number of nitrogens with one attached hydrogen (secondary N) is 1. The van der Waals surface area contributed by atoms with Gasteiger partial charge in [0, 0.05) is 25.2 Å². The average Bonchev–Trinajstić information content (AvgIpc) is 2.54. The van der Waals surface area contributed by atoms with E-state index in [1.807, 2.05) is 11.9 Å². The molecule has 1 heterocycles. The molecule has 1 aromatic rings. The molecule has 1 aromatic carbocycles. The van der Waals surface area contributed by atoms with Crippen LogP contribution in [-0.4, -0.2) is 42.4 Å². The van der Waals surface area contributed by atoms with Crippen LogP contribution in [0.5, 0.6) is 0 Å². The quantitative estimate of drug-likeness (QED) is 0.637. The van der Waals surface area contributed by atoms with Crippen LogP contribution < -0.4 is 5.32 Å². The number of carbonyl (C=O) groups is 1. The van der Waals surface area contributed by atoms with Crippen molar-refractivity contribution < 1.29 is 9.72 Å². The Balaban J connectivity index is 0.00000264. The zero-order chi connectivity index (χ0) is 15.9. The fraction of sp³-hybridized carbons (Fsp3) is 0.562. The second-order valence-corrected chi connectivity index (χ2v) is 5.82. The van der Waals surface area contributed by atoms with E-state index in [0.717, 1.165) is 38.0 Å². The van der Waals surface area contributed by atoms with Crippen molar-refractivity contribution in [3.63, 3.8) is 0 Å². The Kier molecular flexibility index (Phi) is 7.98. The monoisotopic (exact) mass is 341 g/mol. The van der Waals surface area contributed by atoms with Gasteiger partial charge in [-0.1, -0.05) is 12.1 Å². The van der Waals surface area contributed by atoms with Crippen molar-refractivity contribution in [2.45, 2.75) is 25.7 Å². The standard InChI is InChI=1S/C16H23N3O3.ClH/c1-17-9-6-13-7-10-18(11-8-13)16(20)12-14-2-4-15(5-3-14)19(21)22;/h2-5,13,17H,6-12H2,1H3;1H. The third-order valence-electron chi connectivity index (χ3n) is 4.27. The summed E-state index contributed by atoms with van der Waals surface area (Å²) in [5, 5.41) is 13.8. The van der Waals surface area contributed by atoms with Crippen LogP contribution in [-0.2, 0) is 11.2 Å². The molecule has 6 nitrogen and oxygen atoms in total. The van der Waals surface area contributed by atoms with E-state index in [0.29, 0.717) is 12.3 Å². The summed E-state index contributed by atoms with van der Waals surface area (Å²) < 4.78 is 0. The first-order valence-corrected chi connectivity index (χ1v) is 7.76. The summed E-state index contributed by atoms with van der Waals surface area (Å²) in [4.78, 5) is 24.4. The Bertz CT molecular complexity index is 514. The molecular formula is C16H24ClN3O3. The van der Waals surface area contributed by atoms with E-state index < -0.39 is 4.92 Å². The lowest BCUT2D eigenvalue weighted by Gasteiger charge is -2.32. The van der Waals surface area contributed by atoms with Gasteiger partial charge < -0.3 is 10.2 Å². The number of non-ortho nitro benzene ring substituents is 1. The Labute approximate surface area is 142 Å². The van der Waals surface area contributed by atoms with Gasteiger partial charge in [0.05, 0.1) is 11.3 Å². The van der Waals surface area contributed by atoms with Crippen molar-refractivity contribution in [3.05, 3.63) is 39.9 Å². The molecule has 0 bridgehead atoms. The molecule has 0 saturated carbocycles. The number of nitro groups is 1. The first-order chi connectivity index (χ1) is 10.6. The van der Waals surface area contributed by atoms with E-state index in [1.54, 1.807) is 12.1 Å². The Morgan fingerprint density at radius 2 is 1.91 bits per heavy atom. The van der Waals surface area contributed by atoms with Crippen molar-refractivity contribution in [1.29, 1.82) is 0 Å². The lowest BCUT2D eigenvalue weighted by molar-refractivity contribution is -0.384. The Morgan fingerprint density at radius 3 is 2.43 bits per heavy atom. The van der Waals surface area contributed by atoms with Gasteiger partial charge in [0.25, 0.3) is 5.69 Å². The minimum atomic E-state index is -0.429. The number of amides is 1. The molecule has 0 unspecified atom stereocenters. The molecule has 7 heteroatoms. The third kappa shape index (κ3) is 5.80. The van der Waals surface area contributed by atoms with Gasteiger partial charge in [-0.15, -0.1) is 12.4 Å². The maximum absolute atomic E-state index is 12.3. The molecule has 0 radical (unpaired) electrons. The summed E-state index contributed by atoms with van der Waals surface area (Å²) in [6.07, 6.45) is 3.61. The number of nitro benzene ring substituents is 1. The van der Waals surface area contributed by atoms with Crippen molar-refractivity contribution in [1.82, 2.24) is 10.2 Å². The van der Waals surface area contributed by atoms with Gasteiger partial charge in [0.1, 0.15) is 0 Å². The van der Waals surface area contributed by atoms with E-state index in [1.165, 1.54) is 18.6 Å². The smallest absolute Gasteiger partial charge is 0.269 e. The molecule has 1 aliphatic rings. The van der Waals surface area contributed by atoms with Crippen LogP contribution >= 0.6 is 12.4 Å². The predicted molar refractivity (Wildman–Crippen MR) is 91.9 cm³/mol. The zero-order valence-corrected chi connectivity index (χ0v) is 14.2. The minimum Gasteiger partial charge on any atom is -0.342 e. The van der Waals surface area contributed by atoms with Crippen LogP contribution in [0.1, 0.15) is 24.8 Å². The summed E-state index contributed by atoms with van der Waals surface area (Å²) in [7, 11) is 1.96. The topological polar surface area (TPSA) is 75.5 Å². The summed E-state index contributed by atoms with van der Waals surface area (Å²) in [6.45, 7) is 2.67. The molecule has 1 amide bonds. The SMILES string of the molecule is CNCCC1CCN(C(=O)Cc2ccc([N+](=O)[O-])cc2)CC1.Cl. The van der Waals surface area contributed by atoms with Crippen molar-refractivity contribution in [2.75, 3.05) is 26.7 Å². The van der Waals surface area contributed by atoms with Crippen LogP contribution in [0.15, 0.2) is 24.3 Å². The Hall–Kier alpha value is -1.66. The third-order valence-corrected chi connectivity index (χ3v) is 4.27. The molecule has 1 aliphatic heterocycles. The largest absolute Gasteiger partial charge is 0.342 e. The van der Waals surface area contributed by atoms with Gasteiger partial charge >= 0.3 is 0 Å². The van der Waals surface area contributed by atoms with Crippen LogP contribution in [0.4, 0.5) is 5.69 Å². The number of likely N-dealkylation sites (tertiary alicyclic amines) is 1. The highest BCUT2D eigenvalue weighted by atomic mass is 35.5. The molecule has 23 heavy (non-hydrogen) atoms. The van der Waals surface area contributed by atoms with Crippen molar-refractivity contribution in [2.24, 2.45) is 5.92 Å². The molecule has 2 rings (SSSR count). The molecule has 0 aromatic heterocycles. The molecule has 0 atom stereocenters. The van der Waals surface area contributed by atoms with E-state index in [4.69, 9.17) is 0 Å². The summed E-state index contributed by atoms with van der Waals surface area (Å²) in [6, 6.07) is 6.23. The first kappa shape index (κ1) is 19.4.